The highest BCUT2D eigenvalue weighted by atomic mass is 127. The third-order valence-corrected chi connectivity index (χ3v) is 6.80. The molecule has 0 saturated heterocycles. The summed E-state index contributed by atoms with van der Waals surface area (Å²) >= 11 is 0. The highest BCUT2D eigenvalue weighted by molar-refractivity contribution is 14.0. The standard InChI is InChI=1S/C21H36N4O2S.HI/c1-5-23-21(25(4)15-19-8-6-17(2)7-9-19)24-14-18-10-12-20(13-11-18)16-28(26,27)22-3;/h10-13,17,19,22H,5-9,14-16H2,1-4H3,(H,23,24);1H. The van der Waals surface area contributed by atoms with Crippen LogP contribution in [0.4, 0.5) is 0 Å². The molecule has 29 heavy (non-hydrogen) atoms. The Morgan fingerprint density at radius 3 is 2.28 bits per heavy atom. The number of guanidine groups is 1. The van der Waals surface area contributed by atoms with Crippen molar-refractivity contribution in [1.29, 1.82) is 0 Å². The number of sulfonamides is 1. The predicted molar refractivity (Wildman–Crippen MR) is 132 cm³/mol. The quantitative estimate of drug-likeness (QED) is 0.303. The van der Waals surface area contributed by atoms with Crippen LogP contribution in [-0.2, 0) is 22.3 Å². The highest BCUT2D eigenvalue weighted by Gasteiger charge is 2.20. The van der Waals surface area contributed by atoms with Crippen LogP contribution in [-0.4, -0.2) is 46.5 Å². The van der Waals surface area contributed by atoms with Gasteiger partial charge in [-0.15, -0.1) is 24.0 Å². The Hall–Kier alpha value is -0.870. The van der Waals surface area contributed by atoms with Crippen molar-refractivity contribution in [2.45, 2.75) is 51.8 Å². The first kappa shape index (κ1) is 26.2. The van der Waals surface area contributed by atoms with E-state index in [1.165, 1.54) is 32.7 Å². The van der Waals surface area contributed by atoms with Crippen molar-refractivity contribution >= 4 is 40.0 Å². The van der Waals surface area contributed by atoms with E-state index in [9.17, 15) is 8.42 Å². The van der Waals surface area contributed by atoms with E-state index in [1.807, 2.05) is 24.3 Å². The monoisotopic (exact) mass is 536 g/mol. The van der Waals surface area contributed by atoms with Gasteiger partial charge in [0.2, 0.25) is 10.0 Å². The van der Waals surface area contributed by atoms with Crippen molar-refractivity contribution in [3.63, 3.8) is 0 Å². The van der Waals surface area contributed by atoms with Gasteiger partial charge in [0, 0.05) is 20.1 Å². The zero-order valence-electron chi connectivity index (χ0n) is 18.1. The lowest BCUT2D eigenvalue weighted by Crippen LogP contribution is -2.41. The minimum absolute atomic E-state index is 0. The third-order valence-electron chi connectivity index (χ3n) is 5.47. The van der Waals surface area contributed by atoms with Gasteiger partial charge < -0.3 is 10.2 Å². The molecule has 0 unspecified atom stereocenters. The summed E-state index contributed by atoms with van der Waals surface area (Å²) in [6, 6.07) is 7.63. The van der Waals surface area contributed by atoms with Crippen LogP contribution >= 0.6 is 24.0 Å². The van der Waals surface area contributed by atoms with E-state index in [0.717, 1.165) is 42.0 Å². The molecule has 0 heterocycles. The van der Waals surface area contributed by atoms with Crippen molar-refractivity contribution in [3.05, 3.63) is 35.4 Å². The van der Waals surface area contributed by atoms with E-state index >= 15 is 0 Å². The predicted octanol–water partition coefficient (Wildman–Crippen LogP) is 3.58. The Balaban J connectivity index is 0.00000420. The Morgan fingerprint density at radius 2 is 1.72 bits per heavy atom. The zero-order valence-corrected chi connectivity index (χ0v) is 21.3. The summed E-state index contributed by atoms with van der Waals surface area (Å²) in [7, 11) is 0.310. The molecule has 6 nitrogen and oxygen atoms in total. The van der Waals surface area contributed by atoms with Crippen LogP contribution in [0.15, 0.2) is 29.3 Å². The second-order valence-electron chi connectivity index (χ2n) is 7.96. The fraction of sp³-hybridized carbons (Fsp3) is 0.667. The van der Waals surface area contributed by atoms with Crippen LogP contribution in [0, 0.1) is 11.8 Å². The molecule has 0 atom stereocenters. The number of nitrogens with one attached hydrogen (secondary N) is 2. The van der Waals surface area contributed by atoms with Crippen LogP contribution < -0.4 is 10.0 Å². The molecule has 0 amide bonds. The minimum atomic E-state index is -3.24. The van der Waals surface area contributed by atoms with Crippen LogP contribution in [0.2, 0.25) is 0 Å². The van der Waals surface area contributed by atoms with Gasteiger partial charge in [-0.1, -0.05) is 44.0 Å². The van der Waals surface area contributed by atoms with E-state index in [1.54, 1.807) is 0 Å². The lowest BCUT2D eigenvalue weighted by Gasteiger charge is -2.31. The molecule has 2 rings (SSSR count). The molecule has 0 spiro atoms. The topological polar surface area (TPSA) is 73.8 Å². The van der Waals surface area contributed by atoms with E-state index in [-0.39, 0.29) is 29.7 Å². The summed E-state index contributed by atoms with van der Waals surface area (Å²) in [5.74, 6) is 2.55. The minimum Gasteiger partial charge on any atom is -0.357 e. The number of benzene rings is 1. The number of rotatable bonds is 8. The maximum atomic E-state index is 11.7. The molecule has 0 aromatic heterocycles. The molecule has 1 aromatic carbocycles. The molecular formula is C21H37IN4O2S. The normalized spacial score (nSPS) is 20.1. The lowest BCUT2D eigenvalue weighted by atomic mass is 9.83. The lowest BCUT2D eigenvalue weighted by molar-refractivity contribution is 0.250. The number of hydrogen-bond donors (Lipinski definition) is 2. The Kier molecular flexibility index (Phi) is 11.5. The van der Waals surface area contributed by atoms with Crippen molar-refractivity contribution in [3.8, 4) is 0 Å². The summed E-state index contributed by atoms with van der Waals surface area (Å²) in [5.41, 5.74) is 1.85. The Labute approximate surface area is 194 Å². The molecule has 166 valence electrons. The zero-order chi connectivity index (χ0) is 20.6. The summed E-state index contributed by atoms with van der Waals surface area (Å²) in [5, 5.41) is 3.39. The second kappa shape index (κ2) is 12.7. The molecule has 1 aliphatic carbocycles. The summed E-state index contributed by atoms with van der Waals surface area (Å²) < 4.78 is 25.6. The molecular weight excluding hydrogens is 499 g/mol. The largest absolute Gasteiger partial charge is 0.357 e. The average molecular weight is 537 g/mol. The van der Waals surface area contributed by atoms with Gasteiger partial charge in [-0.05, 0) is 49.8 Å². The molecule has 1 fully saturated rings. The maximum absolute atomic E-state index is 11.7. The van der Waals surface area contributed by atoms with E-state index < -0.39 is 10.0 Å². The van der Waals surface area contributed by atoms with Gasteiger partial charge in [-0.2, -0.15) is 0 Å². The molecule has 0 aliphatic heterocycles. The first-order valence-electron chi connectivity index (χ1n) is 10.3. The summed E-state index contributed by atoms with van der Waals surface area (Å²) in [4.78, 5) is 7.03. The van der Waals surface area contributed by atoms with Gasteiger partial charge in [-0.3, -0.25) is 0 Å². The Bertz CT molecular complexity index is 730. The third kappa shape index (κ3) is 9.21. The van der Waals surface area contributed by atoms with Gasteiger partial charge in [-0.25, -0.2) is 18.1 Å². The first-order chi connectivity index (χ1) is 13.3. The number of halogens is 1. The smallest absolute Gasteiger partial charge is 0.215 e. The highest BCUT2D eigenvalue weighted by Crippen LogP contribution is 2.28. The van der Waals surface area contributed by atoms with E-state index in [2.05, 4.69) is 35.8 Å². The molecule has 1 aromatic rings. The van der Waals surface area contributed by atoms with Crippen LogP contribution in [0.25, 0.3) is 0 Å². The molecule has 8 heteroatoms. The summed E-state index contributed by atoms with van der Waals surface area (Å²) in [6.45, 7) is 6.89. The van der Waals surface area contributed by atoms with Gasteiger partial charge in [0.05, 0.1) is 12.3 Å². The number of nitrogens with zero attached hydrogens (tertiary/aromatic N) is 2. The number of hydrogen-bond acceptors (Lipinski definition) is 3. The van der Waals surface area contributed by atoms with Gasteiger partial charge in [0.15, 0.2) is 5.96 Å². The van der Waals surface area contributed by atoms with Crippen molar-refractivity contribution in [2.75, 3.05) is 27.2 Å². The van der Waals surface area contributed by atoms with Gasteiger partial charge >= 0.3 is 0 Å². The first-order valence-corrected chi connectivity index (χ1v) is 12.0. The molecule has 1 saturated carbocycles. The van der Waals surface area contributed by atoms with Crippen molar-refractivity contribution in [1.82, 2.24) is 14.9 Å². The van der Waals surface area contributed by atoms with Crippen molar-refractivity contribution in [2.24, 2.45) is 16.8 Å². The molecule has 2 N–H and O–H groups in total. The molecule has 1 aliphatic rings. The maximum Gasteiger partial charge on any atom is 0.215 e. The van der Waals surface area contributed by atoms with Crippen molar-refractivity contribution < 1.29 is 8.42 Å². The van der Waals surface area contributed by atoms with Gasteiger partial charge in [0.25, 0.3) is 0 Å². The van der Waals surface area contributed by atoms with Crippen LogP contribution in [0.3, 0.4) is 0 Å². The molecule has 0 bridgehead atoms. The van der Waals surface area contributed by atoms with E-state index in [0.29, 0.717) is 6.54 Å². The van der Waals surface area contributed by atoms with Gasteiger partial charge in [0.1, 0.15) is 0 Å². The second-order valence-corrected chi connectivity index (χ2v) is 9.88. The molecule has 0 radical (unpaired) electrons. The van der Waals surface area contributed by atoms with E-state index in [4.69, 9.17) is 4.99 Å². The van der Waals surface area contributed by atoms with Crippen LogP contribution in [0.1, 0.15) is 50.7 Å². The average Bonchev–Trinajstić information content (AvgIpc) is 2.68. The number of aliphatic imine (C=N–C) groups is 1. The fourth-order valence-electron chi connectivity index (χ4n) is 3.65. The van der Waals surface area contributed by atoms with Crippen LogP contribution in [0.5, 0.6) is 0 Å². The Morgan fingerprint density at radius 1 is 1.14 bits per heavy atom. The fourth-order valence-corrected chi connectivity index (χ4v) is 4.43. The summed E-state index contributed by atoms with van der Waals surface area (Å²) in [6.07, 6.45) is 5.29. The SMILES string of the molecule is CCNC(=NCc1ccc(CS(=O)(=O)NC)cc1)N(C)CC1CCC(C)CC1.I.